The van der Waals surface area contributed by atoms with E-state index in [9.17, 15) is 5.11 Å². The van der Waals surface area contributed by atoms with Crippen LogP contribution in [0.2, 0.25) is 0 Å². The average Bonchev–Trinajstić information content (AvgIpc) is 2.01. The monoisotopic (exact) mass is 229 g/mol. The quantitative estimate of drug-likeness (QED) is 0.447. The van der Waals surface area contributed by atoms with E-state index in [1.807, 2.05) is 27.2 Å². The van der Waals surface area contributed by atoms with Crippen molar-refractivity contribution in [3.8, 4) is 0 Å². The van der Waals surface area contributed by atoms with E-state index in [0.29, 0.717) is 4.48 Å². The number of likely N-dealkylation sites (N-methyl/N-ethyl adjacent to an activating group) is 1. The zero-order valence-corrected chi connectivity index (χ0v) is 11.5. The Kier molecular flexibility index (Phi) is 8.43. The average molecular weight is 229 g/mol. The van der Waals surface area contributed by atoms with E-state index in [1.54, 1.807) is 0 Å². The fourth-order valence-corrected chi connectivity index (χ4v) is 1.15. The molecule has 0 radical (unpaired) electrons. The summed E-state index contributed by atoms with van der Waals surface area (Å²) in [6, 6.07) is 0. The van der Waals surface area contributed by atoms with Crippen LogP contribution in [0.3, 0.4) is 0 Å². The fraction of sp³-hybridized carbons (Fsp3) is 0.692. The van der Waals surface area contributed by atoms with E-state index in [-0.39, 0.29) is 5.48 Å². The Labute approximate surface area is 100.0 Å². The van der Waals surface area contributed by atoms with E-state index in [1.165, 1.54) is 11.1 Å². The first kappa shape index (κ1) is 17.7. The number of aliphatic hydroxyl groups excluding tert-OH is 1. The molecule has 0 saturated carbocycles. The van der Waals surface area contributed by atoms with Crippen LogP contribution in [0.4, 0.5) is 0 Å². The van der Waals surface area contributed by atoms with Crippen molar-refractivity contribution in [2.24, 2.45) is 0 Å². The molecule has 0 aromatic heterocycles. The number of nitrogens with zero attached hydrogens (tertiary/aromatic N) is 1. The highest BCUT2D eigenvalue weighted by Crippen LogP contribution is 2.10. The van der Waals surface area contributed by atoms with Gasteiger partial charge in [-0.3, -0.25) is 0 Å². The summed E-state index contributed by atoms with van der Waals surface area (Å²) in [6.07, 6.45) is 5.88. The molecule has 0 spiro atoms. The standard InChI is InChI=1S/C13H26NO.H2O/c1-11(2)8-7-9-12(3)10-13(15)14(4,5)6;/h8,10,13,15H,7,9H2,1-6H3;1H2/q+1;/p-1/b12-10+;. The summed E-state index contributed by atoms with van der Waals surface area (Å²) in [5.74, 6) is 0. The second-order valence-corrected chi connectivity index (χ2v) is 5.36. The molecule has 2 N–H and O–H groups in total. The zero-order valence-electron chi connectivity index (χ0n) is 11.5. The molecule has 0 fully saturated rings. The summed E-state index contributed by atoms with van der Waals surface area (Å²) < 4.78 is 0.556. The van der Waals surface area contributed by atoms with Crippen LogP contribution in [-0.2, 0) is 0 Å². The van der Waals surface area contributed by atoms with E-state index in [0.717, 1.165) is 12.8 Å². The molecule has 0 heterocycles. The van der Waals surface area contributed by atoms with Crippen molar-refractivity contribution in [3.63, 3.8) is 0 Å². The van der Waals surface area contributed by atoms with Crippen molar-refractivity contribution in [1.29, 1.82) is 0 Å². The third kappa shape index (κ3) is 8.65. The Morgan fingerprint density at radius 3 is 2.06 bits per heavy atom. The molecule has 0 aliphatic heterocycles. The van der Waals surface area contributed by atoms with Gasteiger partial charge in [0.15, 0.2) is 0 Å². The van der Waals surface area contributed by atoms with E-state index >= 15 is 0 Å². The summed E-state index contributed by atoms with van der Waals surface area (Å²) in [5, 5.41) is 9.85. The summed E-state index contributed by atoms with van der Waals surface area (Å²) in [4.78, 5) is 0. The summed E-state index contributed by atoms with van der Waals surface area (Å²) >= 11 is 0. The maximum absolute atomic E-state index is 9.85. The lowest BCUT2D eigenvalue weighted by atomic mass is 10.1. The molecule has 0 amide bonds. The Balaban J connectivity index is 0. The van der Waals surface area contributed by atoms with Crippen LogP contribution in [-0.4, -0.2) is 42.4 Å². The first-order valence-electron chi connectivity index (χ1n) is 5.53. The molecular weight excluding hydrogens is 202 g/mol. The van der Waals surface area contributed by atoms with Crippen LogP contribution in [0, 0.1) is 0 Å². The molecule has 0 aliphatic rings. The van der Waals surface area contributed by atoms with Gasteiger partial charge in [-0.25, -0.2) is 0 Å². The number of aliphatic hydroxyl groups is 1. The van der Waals surface area contributed by atoms with Gasteiger partial charge < -0.3 is 15.1 Å². The lowest BCUT2D eigenvalue weighted by Crippen LogP contribution is -2.43. The van der Waals surface area contributed by atoms with Gasteiger partial charge in [0.25, 0.3) is 0 Å². The molecule has 16 heavy (non-hydrogen) atoms. The minimum atomic E-state index is -0.406. The molecule has 3 heteroatoms. The fourth-order valence-electron chi connectivity index (χ4n) is 1.15. The van der Waals surface area contributed by atoms with Gasteiger partial charge in [0.2, 0.25) is 6.23 Å². The Bertz CT molecular complexity index is 245. The second kappa shape index (κ2) is 7.60. The molecule has 0 bridgehead atoms. The molecule has 1 atom stereocenters. The van der Waals surface area contributed by atoms with Crippen LogP contribution >= 0.6 is 0 Å². The third-order valence-electron chi connectivity index (χ3n) is 2.32. The Hall–Kier alpha value is -0.640. The van der Waals surface area contributed by atoms with E-state index in [4.69, 9.17) is 0 Å². The predicted octanol–water partition coefficient (Wildman–Crippen LogP) is 2.53. The normalized spacial score (nSPS) is 14.1. The lowest BCUT2D eigenvalue weighted by Gasteiger charge is -2.28. The van der Waals surface area contributed by atoms with Gasteiger partial charge >= 0.3 is 0 Å². The smallest absolute Gasteiger partial charge is 0.210 e. The minimum Gasteiger partial charge on any atom is -0.870 e. The Morgan fingerprint density at radius 1 is 1.19 bits per heavy atom. The molecule has 0 saturated heterocycles. The van der Waals surface area contributed by atoms with Crippen molar-refractivity contribution < 1.29 is 15.1 Å². The van der Waals surface area contributed by atoms with Crippen LogP contribution < -0.4 is 0 Å². The third-order valence-corrected chi connectivity index (χ3v) is 2.32. The van der Waals surface area contributed by atoms with Gasteiger partial charge in [-0.05, 0) is 33.6 Å². The van der Waals surface area contributed by atoms with Crippen molar-refractivity contribution >= 4 is 0 Å². The molecule has 0 aliphatic carbocycles. The van der Waals surface area contributed by atoms with E-state index in [2.05, 4.69) is 26.8 Å². The minimum absolute atomic E-state index is 0. The van der Waals surface area contributed by atoms with Crippen LogP contribution in [0.5, 0.6) is 0 Å². The largest absolute Gasteiger partial charge is 0.870 e. The molecular formula is C13H27NO2. The highest BCUT2D eigenvalue weighted by molar-refractivity contribution is 5.03. The second-order valence-electron chi connectivity index (χ2n) is 5.36. The van der Waals surface area contributed by atoms with Gasteiger partial charge in [0.1, 0.15) is 0 Å². The maximum atomic E-state index is 9.85. The van der Waals surface area contributed by atoms with Gasteiger partial charge in [0.05, 0.1) is 21.1 Å². The number of quaternary nitrogens is 1. The van der Waals surface area contributed by atoms with Crippen molar-refractivity contribution in [3.05, 3.63) is 23.3 Å². The molecule has 0 aromatic carbocycles. The van der Waals surface area contributed by atoms with Crippen LogP contribution in [0.15, 0.2) is 23.3 Å². The number of hydrogen-bond donors (Lipinski definition) is 1. The van der Waals surface area contributed by atoms with Gasteiger partial charge in [-0.2, -0.15) is 0 Å². The zero-order chi connectivity index (χ0) is 12.1. The van der Waals surface area contributed by atoms with Crippen molar-refractivity contribution in [1.82, 2.24) is 0 Å². The van der Waals surface area contributed by atoms with Gasteiger partial charge in [-0.15, -0.1) is 0 Å². The molecule has 3 nitrogen and oxygen atoms in total. The van der Waals surface area contributed by atoms with Crippen LogP contribution in [0.25, 0.3) is 0 Å². The predicted molar refractivity (Wildman–Crippen MR) is 68.4 cm³/mol. The first-order chi connectivity index (χ1) is 6.73. The number of hydrogen-bond acceptors (Lipinski definition) is 2. The van der Waals surface area contributed by atoms with Gasteiger partial charge in [0, 0.05) is 6.08 Å². The lowest BCUT2D eigenvalue weighted by molar-refractivity contribution is -0.910. The summed E-state index contributed by atoms with van der Waals surface area (Å²) in [5.41, 5.74) is 2.61. The van der Waals surface area contributed by atoms with Crippen molar-refractivity contribution in [2.45, 2.75) is 39.8 Å². The SMILES string of the molecule is CC(C)=CCC/C(C)=C/C(O)[N+](C)(C)C.[OH-]. The van der Waals surface area contributed by atoms with E-state index < -0.39 is 6.23 Å². The molecule has 0 rings (SSSR count). The molecule has 0 aromatic rings. The summed E-state index contributed by atoms with van der Waals surface area (Å²) in [7, 11) is 5.97. The number of allylic oxidation sites excluding steroid dienone is 3. The van der Waals surface area contributed by atoms with Crippen LogP contribution in [0.1, 0.15) is 33.6 Å². The van der Waals surface area contributed by atoms with Gasteiger partial charge in [-0.1, -0.05) is 17.2 Å². The summed E-state index contributed by atoms with van der Waals surface area (Å²) in [6.45, 7) is 6.30. The first-order valence-corrected chi connectivity index (χ1v) is 5.53. The van der Waals surface area contributed by atoms with Crippen molar-refractivity contribution in [2.75, 3.05) is 21.1 Å². The molecule has 96 valence electrons. The number of rotatable bonds is 5. The highest BCUT2D eigenvalue weighted by atomic mass is 16.3. The molecule has 1 unspecified atom stereocenters. The topological polar surface area (TPSA) is 50.2 Å². The maximum Gasteiger partial charge on any atom is 0.210 e. The highest BCUT2D eigenvalue weighted by Gasteiger charge is 2.17. The Morgan fingerprint density at radius 2 is 1.69 bits per heavy atom.